The second-order valence-electron chi connectivity index (χ2n) is 11.3. The molecule has 1 spiro atoms. The van der Waals surface area contributed by atoms with Crippen molar-refractivity contribution in [1.82, 2.24) is 10.2 Å². The van der Waals surface area contributed by atoms with Crippen molar-refractivity contribution in [2.24, 2.45) is 10.8 Å². The van der Waals surface area contributed by atoms with Crippen LogP contribution in [-0.2, 0) is 24.6 Å². The SMILES string of the molecule is CC(C)(C)C[C@H](NC(=O)C(=O)C(C)(C)C)C(=O)N1C[C@]2(C[C@H]1C#N)C(=O)Nc1ccccc12. The van der Waals surface area contributed by atoms with Gasteiger partial charge in [-0.1, -0.05) is 59.7 Å². The highest BCUT2D eigenvalue weighted by molar-refractivity contribution is 6.38. The first-order valence-corrected chi connectivity index (χ1v) is 11.2. The summed E-state index contributed by atoms with van der Waals surface area (Å²) in [7, 11) is 0. The zero-order valence-corrected chi connectivity index (χ0v) is 20.1. The van der Waals surface area contributed by atoms with Gasteiger partial charge < -0.3 is 15.5 Å². The standard InChI is InChI=1S/C25H32N4O4/c1-23(2,3)12-18(27-20(31)19(30)24(4,5)6)21(32)29-14-25(11-15(29)13-26)16-9-7-8-10-17(16)28-22(25)33/h7-10,15,18H,11-12,14H2,1-6H3,(H,27,31)(H,28,33)/t15-,18-,25-/m0/s1. The summed E-state index contributed by atoms with van der Waals surface area (Å²) in [4.78, 5) is 53.2. The van der Waals surface area contributed by atoms with E-state index in [2.05, 4.69) is 16.7 Å². The summed E-state index contributed by atoms with van der Waals surface area (Å²) in [6.07, 6.45) is 0.453. The van der Waals surface area contributed by atoms with Gasteiger partial charge in [-0.2, -0.15) is 5.26 Å². The molecule has 2 aliphatic heterocycles. The zero-order valence-electron chi connectivity index (χ0n) is 20.1. The van der Waals surface area contributed by atoms with Gasteiger partial charge in [-0.15, -0.1) is 0 Å². The van der Waals surface area contributed by atoms with E-state index in [-0.39, 0.29) is 30.7 Å². The van der Waals surface area contributed by atoms with Crippen LogP contribution in [0.2, 0.25) is 0 Å². The summed E-state index contributed by atoms with van der Waals surface area (Å²) in [5.41, 5.74) is -0.786. The molecule has 3 amide bonds. The van der Waals surface area contributed by atoms with E-state index in [1.807, 2.05) is 39.0 Å². The monoisotopic (exact) mass is 452 g/mol. The molecule has 176 valence electrons. The van der Waals surface area contributed by atoms with Gasteiger partial charge in [-0.25, -0.2) is 0 Å². The Balaban J connectivity index is 1.92. The molecular formula is C25H32N4O4. The zero-order chi connectivity index (χ0) is 24.8. The number of likely N-dealkylation sites (tertiary alicyclic amines) is 1. The molecule has 0 unspecified atom stereocenters. The summed E-state index contributed by atoms with van der Waals surface area (Å²) in [6.45, 7) is 10.7. The quantitative estimate of drug-likeness (QED) is 0.681. The number of carbonyl (C=O) groups excluding carboxylic acids is 4. The van der Waals surface area contributed by atoms with Gasteiger partial charge in [0.15, 0.2) is 0 Å². The van der Waals surface area contributed by atoms with Crippen LogP contribution in [0.25, 0.3) is 0 Å². The van der Waals surface area contributed by atoms with E-state index < -0.39 is 40.5 Å². The number of hydrogen-bond acceptors (Lipinski definition) is 5. The number of carbonyl (C=O) groups is 4. The number of anilines is 1. The number of Topliss-reactive ketones (excluding diaryl/α,β-unsaturated/α-hetero) is 1. The lowest BCUT2D eigenvalue weighted by Gasteiger charge is -2.31. The summed E-state index contributed by atoms with van der Waals surface area (Å²) in [5.74, 6) is -2.14. The minimum Gasteiger partial charge on any atom is -0.338 e. The maximum atomic E-state index is 13.7. The molecule has 2 heterocycles. The van der Waals surface area contributed by atoms with Crippen molar-refractivity contribution in [3.05, 3.63) is 29.8 Å². The number of nitriles is 1. The number of nitrogens with one attached hydrogen (secondary N) is 2. The number of amides is 3. The lowest BCUT2D eigenvalue weighted by molar-refractivity contribution is -0.145. The first kappa shape index (κ1) is 24.4. The van der Waals surface area contributed by atoms with Crippen LogP contribution >= 0.6 is 0 Å². The van der Waals surface area contributed by atoms with Crippen molar-refractivity contribution in [2.75, 3.05) is 11.9 Å². The van der Waals surface area contributed by atoms with E-state index >= 15 is 0 Å². The topological polar surface area (TPSA) is 119 Å². The Morgan fingerprint density at radius 3 is 2.42 bits per heavy atom. The molecule has 8 nitrogen and oxygen atoms in total. The van der Waals surface area contributed by atoms with Crippen LogP contribution in [0.15, 0.2) is 24.3 Å². The van der Waals surface area contributed by atoms with Crippen LogP contribution in [-0.4, -0.2) is 47.0 Å². The predicted octanol–water partition coefficient (Wildman–Crippen LogP) is 2.54. The van der Waals surface area contributed by atoms with E-state index in [9.17, 15) is 24.4 Å². The van der Waals surface area contributed by atoms with Crippen LogP contribution in [0.1, 0.15) is 59.9 Å². The molecule has 0 saturated carbocycles. The minimum atomic E-state index is -1.01. The molecule has 0 radical (unpaired) electrons. The van der Waals surface area contributed by atoms with Crippen molar-refractivity contribution >= 4 is 29.2 Å². The van der Waals surface area contributed by atoms with Gasteiger partial charge in [0.05, 0.1) is 11.5 Å². The number of ketones is 1. The van der Waals surface area contributed by atoms with E-state index in [1.165, 1.54) is 4.90 Å². The number of fused-ring (bicyclic) bond motifs is 2. The molecule has 1 aromatic carbocycles. The van der Waals surface area contributed by atoms with E-state index in [0.717, 1.165) is 5.56 Å². The van der Waals surface area contributed by atoms with Crippen LogP contribution in [0.3, 0.4) is 0 Å². The number of hydrogen-bond donors (Lipinski definition) is 2. The fourth-order valence-electron chi connectivity index (χ4n) is 4.56. The average molecular weight is 453 g/mol. The Hall–Kier alpha value is -3.21. The van der Waals surface area contributed by atoms with Gasteiger partial charge in [-0.05, 0) is 23.5 Å². The van der Waals surface area contributed by atoms with Gasteiger partial charge in [0, 0.05) is 24.1 Å². The van der Waals surface area contributed by atoms with Crippen molar-refractivity contribution in [2.45, 2.75) is 71.9 Å². The maximum absolute atomic E-state index is 13.7. The second kappa shape index (κ2) is 8.29. The lowest BCUT2D eigenvalue weighted by atomic mass is 9.80. The molecule has 1 aromatic rings. The Kier molecular flexibility index (Phi) is 6.14. The van der Waals surface area contributed by atoms with Crippen molar-refractivity contribution in [3.8, 4) is 6.07 Å². The van der Waals surface area contributed by atoms with Crippen molar-refractivity contribution < 1.29 is 19.2 Å². The highest BCUT2D eigenvalue weighted by atomic mass is 16.2. The third kappa shape index (κ3) is 4.63. The Bertz CT molecular complexity index is 1040. The number of rotatable bonds is 4. The fourth-order valence-corrected chi connectivity index (χ4v) is 4.56. The van der Waals surface area contributed by atoms with E-state index in [4.69, 9.17) is 0 Å². The maximum Gasteiger partial charge on any atom is 0.288 e. The first-order chi connectivity index (χ1) is 15.2. The Labute approximate surface area is 194 Å². The van der Waals surface area contributed by atoms with Crippen molar-refractivity contribution in [3.63, 3.8) is 0 Å². The number of nitrogens with zero attached hydrogens (tertiary/aromatic N) is 2. The largest absolute Gasteiger partial charge is 0.338 e. The third-order valence-corrected chi connectivity index (χ3v) is 6.22. The van der Waals surface area contributed by atoms with E-state index in [1.54, 1.807) is 26.8 Å². The molecule has 33 heavy (non-hydrogen) atoms. The second-order valence-corrected chi connectivity index (χ2v) is 11.3. The molecule has 1 saturated heterocycles. The predicted molar refractivity (Wildman–Crippen MR) is 123 cm³/mol. The summed E-state index contributed by atoms with van der Waals surface area (Å²) in [5, 5.41) is 15.3. The van der Waals surface area contributed by atoms with Gasteiger partial charge in [0.1, 0.15) is 12.1 Å². The molecule has 3 rings (SSSR count). The molecule has 0 bridgehead atoms. The smallest absolute Gasteiger partial charge is 0.288 e. The third-order valence-electron chi connectivity index (χ3n) is 6.22. The number of benzene rings is 1. The van der Waals surface area contributed by atoms with E-state index in [0.29, 0.717) is 5.69 Å². The first-order valence-electron chi connectivity index (χ1n) is 11.2. The summed E-state index contributed by atoms with van der Waals surface area (Å²) >= 11 is 0. The average Bonchev–Trinajstić information content (AvgIpc) is 3.23. The Morgan fingerprint density at radius 2 is 1.85 bits per heavy atom. The van der Waals surface area contributed by atoms with Crippen molar-refractivity contribution in [1.29, 1.82) is 5.26 Å². The highest BCUT2D eigenvalue weighted by Gasteiger charge is 2.56. The van der Waals surface area contributed by atoms with Gasteiger partial charge in [0.25, 0.3) is 5.91 Å². The fraction of sp³-hybridized carbons (Fsp3) is 0.560. The molecule has 3 atom stereocenters. The minimum absolute atomic E-state index is 0.0383. The molecule has 1 fully saturated rings. The molecule has 0 aromatic heterocycles. The lowest BCUT2D eigenvalue weighted by Crippen LogP contribution is -2.54. The van der Waals surface area contributed by atoms with Crippen LogP contribution in [0.5, 0.6) is 0 Å². The summed E-state index contributed by atoms with van der Waals surface area (Å²) in [6, 6.07) is 7.63. The summed E-state index contributed by atoms with van der Waals surface area (Å²) < 4.78 is 0. The van der Waals surface area contributed by atoms with Crippen LogP contribution in [0.4, 0.5) is 5.69 Å². The van der Waals surface area contributed by atoms with Crippen LogP contribution in [0, 0.1) is 22.2 Å². The highest BCUT2D eigenvalue weighted by Crippen LogP contribution is 2.46. The van der Waals surface area contributed by atoms with Gasteiger partial charge >= 0.3 is 0 Å². The normalized spacial score (nSPS) is 23.0. The molecule has 2 N–H and O–H groups in total. The number of para-hydroxylation sites is 1. The molecule has 8 heteroatoms. The Morgan fingerprint density at radius 1 is 1.21 bits per heavy atom. The molecule has 2 aliphatic rings. The van der Waals surface area contributed by atoms with Crippen LogP contribution < -0.4 is 10.6 Å². The van der Waals surface area contributed by atoms with Gasteiger partial charge in [0.2, 0.25) is 17.6 Å². The molecule has 0 aliphatic carbocycles. The molecular weight excluding hydrogens is 420 g/mol. The van der Waals surface area contributed by atoms with Gasteiger partial charge in [-0.3, -0.25) is 19.2 Å².